The lowest BCUT2D eigenvalue weighted by atomic mass is 10.1. The van der Waals surface area contributed by atoms with E-state index in [4.69, 9.17) is 4.74 Å². The molecule has 1 aliphatic rings. The van der Waals surface area contributed by atoms with E-state index in [1.807, 2.05) is 6.92 Å². The molecule has 0 unspecified atom stereocenters. The first-order valence-electron chi connectivity index (χ1n) is 8.42. The molecular weight excluding hydrogens is 324 g/mol. The lowest BCUT2D eigenvalue weighted by Crippen LogP contribution is -2.50. The zero-order valence-corrected chi connectivity index (χ0v) is 14.7. The maximum absolute atomic E-state index is 12.5. The number of hydrogen-bond acceptors (Lipinski definition) is 5. The molecule has 7 nitrogen and oxygen atoms in total. The number of methoxy groups -OCH3 is 1. The van der Waals surface area contributed by atoms with Crippen molar-refractivity contribution in [2.75, 3.05) is 39.9 Å². The summed E-state index contributed by atoms with van der Waals surface area (Å²) < 4.78 is 9.91. The summed E-state index contributed by atoms with van der Waals surface area (Å²) in [5.74, 6) is 0.209. The Kier molecular flexibility index (Phi) is 6.80. The molecule has 0 atom stereocenters. The van der Waals surface area contributed by atoms with Gasteiger partial charge in [-0.3, -0.25) is 14.4 Å². The minimum Gasteiger partial charge on any atom is -0.494 e. The fourth-order valence-corrected chi connectivity index (χ4v) is 2.67. The summed E-state index contributed by atoms with van der Waals surface area (Å²) in [5, 5.41) is 0. The summed E-state index contributed by atoms with van der Waals surface area (Å²) in [6.07, 6.45) is 0.222. The molecule has 0 aliphatic carbocycles. The predicted molar refractivity (Wildman–Crippen MR) is 91.3 cm³/mol. The Balaban J connectivity index is 1.83. The van der Waals surface area contributed by atoms with Crippen molar-refractivity contribution < 1.29 is 23.9 Å². The normalized spacial score (nSPS) is 14.2. The number of esters is 1. The van der Waals surface area contributed by atoms with Gasteiger partial charge in [0.2, 0.25) is 5.91 Å². The second-order valence-electron chi connectivity index (χ2n) is 5.71. The molecule has 0 spiro atoms. The van der Waals surface area contributed by atoms with Crippen molar-refractivity contribution in [1.82, 2.24) is 9.80 Å². The van der Waals surface area contributed by atoms with Crippen molar-refractivity contribution in [2.45, 2.75) is 19.8 Å². The van der Waals surface area contributed by atoms with Crippen LogP contribution < -0.4 is 4.74 Å². The third-order valence-corrected chi connectivity index (χ3v) is 4.10. The van der Waals surface area contributed by atoms with Crippen LogP contribution in [0.3, 0.4) is 0 Å². The molecule has 1 heterocycles. The zero-order chi connectivity index (χ0) is 18.2. The Labute approximate surface area is 147 Å². The largest absolute Gasteiger partial charge is 0.494 e. The number of nitrogens with zero attached hydrogens (tertiary/aromatic N) is 2. The predicted octanol–water partition coefficient (Wildman–Crippen LogP) is 1.32. The number of hydrogen-bond donors (Lipinski definition) is 0. The molecule has 1 aliphatic heterocycles. The van der Waals surface area contributed by atoms with Gasteiger partial charge in [0.15, 0.2) is 0 Å². The molecule has 7 heteroatoms. The maximum Gasteiger partial charge on any atom is 0.306 e. The molecule has 0 bridgehead atoms. The number of ether oxygens (including phenoxy) is 2. The molecule has 2 rings (SSSR count). The highest BCUT2D eigenvalue weighted by Crippen LogP contribution is 2.15. The molecular formula is C18H24N2O5. The minimum atomic E-state index is -0.391. The van der Waals surface area contributed by atoms with Crippen LogP contribution in [0, 0.1) is 0 Å². The monoisotopic (exact) mass is 348 g/mol. The summed E-state index contributed by atoms with van der Waals surface area (Å²) in [4.78, 5) is 39.1. The molecule has 25 heavy (non-hydrogen) atoms. The van der Waals surface area contributed by atoms with Gasteiger partial charge in [0, 0.05) is 38.2 Å². The average molecular weight is 348 g/mol. The summed E-state index contributed by atoms with van der Waals surface area (Å²) in [6, 6.07) is 7.06. The van der Waals surface area contributed by atoms with Gasteiger partial charge in [0.25, 0.3) is 5.91 Å². The highest BCUT2D eigenvalue weighted by Gasteiger charge is 2.25. The molecule has 0 aromatic heterocycles. The standard InChI is InChI=1S/C18H24N2O5/c1-3-25-15-6-4-14(5-7-15)18(23)20-12-10-19(11-13-20)16(21)8-9-17(22)24-2/h4-7H,3,8-13H2,1-2H3. The van der Waals surface area contributed by atoms with Crippen molar-refractivity contribution in [2.24, 2.45) is 0 Å². The van der Waals surface area contributed by atoms with Crippen molar-refractivity contribution in [3.8, 4) is 5.75 Å². The fourth-order valence-electron chi connectivity index (χ4n) is 2.67. The highest BCUT2D eigenvalue weighted by molar-refractivity contribution is 5.94. The van der Waals surface area contributed by atoms with Crippen molar-refractivity contribution >= 4 is 17.8 Å². The van der Waals surface area contributed by atoms with Crippen LogP contribution in [0.4, 0.5) is 0 Å². The summed E-state index contributed by atoms with van der Waals surface area (Å²) >= 11 is 0. The maximum atomic E-state index is 12.5. The van der Waals surface area contributed by atoms with Crippen LogP contribution in [-0.4, -0.2) is 67.5 Å². The van der Waals surface area contributed by atoms with Gasteiger partial charge in [-0.05, 0) is 31.2 Å². The number of benzene rings is 1. The van der Waals surface area contributed by atoms with Crippen LogP contribution in [0.2, 0.25) is 0 Å². The van der Waals surface area contributed by atoms with Crippen molar-refractivity contribution in [3.05, 3.63) is 29.8 Å². The molecule has 136 valence electrons. The van der Waals surface area contributed by atoms with Gasteiger partial charge in [0.1, 0.15) is 5.75 Å². The van der Waals surface area contributed by atoms with Gasteiger partial charge >= 0.3 is 5.97 Å². The quantitative estimate of drug-likeness (QED) is 0.725. The van der Waals surface area contributed by atoms with Gasteiger partial charge < -0.3 is 19.3 Å². The van der Waals surface area contributed by atoms with E-state index in [2.05, 4.69) is 4.74 Å². The molecule has 0 radical (unpaired) electrons. The lowest BCUT2D eigenvalue weighted by Gasteiger charge is -2.34. The second kappa shape index (κ2) is 9.05. The molecule has 1 aromatic rings. The Morgan fingerprint density at radius 1 is 0.960 bits per heavy atom. The van der Waals surface area contributed by atoms with E-state index in [0.717, 1.165) is 5.75 Å². The van der Waals surface area contributed by atoms with Crippen LogP contribution in [0.1, 0.15) is 30.1 Å². The van der Waals surface area contributed by atoms with E-state index in [9.17, 15) is 14.4 Å². The summed E-state index contributed by atoms with van der Waals surface area (Å²) in [7, 11) is 1.30. The lowest BCUT2D eigenvalue weighted by molar-refractivity contribution is -0.143. The van der Waals surface area contributed by atoms with Crippen LogP contribution in [0.25, 0.3) is 0 Å². The van der Waals surface area contributed by atoms with E-state index >= 15 is 0 Å². The summed E-state index contributed by atoms with van der Waals surface area (Å²) in [5.41, 5.74) is 0.605. The Hall–Kier alpha value is -2.57. The van der Waals surface area contributed by atoms with E-state index in [0.29, 0.717) is 38.3 Å². The van der Waals surface area contributed by atoms with Crippen LogP contribution in [-0.2, 0) is 14.3 Å². The van der Waals surface area contributed by atoms with Gasteiger partial charge in [0.05, 0.1) is 20.1 Å². The average Bonchev–Trinajstić information content (AvgIpc) is 2.66. The molecule has 0 saturated carbocycles. The van der Waals surface area contributed by atoms with E-state index in [1.54, 1.807) is 34.1 Å². The smallest absolute Gasteiger partial charge is 0.306 e. The third kappa shape index (κ3) is 5.20. The number of carbonyl (C=O) groups is 3. The molecule has 1 aromatic carbocycles. The minimum absolute atomic E-state index is 0.0512. The SMILES string of the molecule is CCOc1ccc(C(=O)N2CCN(C(=O)CCC(=O)OC)CC2)cc1. The number of rotatable bonds is 6. The van der Waals surface area contributed by atoms with Crippen LogP contribution in [0.15, 0.2) is 24.3 Å². The van der Waals surface area contributed by atoms with Crippen LogP contribution >= 0.6 is 0 Å². The van der Waals surface area contributed by atoms with E-state index < -0.39 is 5.97 Å². The zero-order valence-electron chi connectivity index (χ0n) is 14.7. The summed E-state index contributed by atoms with van der Waals surface area (Å²) in [6.45, 7) is 4.40. The molecule has 2 amide bonds. The van der Waals surface area contributed by atoms with E-state index in [1.165, 1.54) is 7.11 Å². The van der Waals surface area contributed by atoms with Gasteiger partial charge in [-0.2, -0.15) is 0 Å². The Morgan fingerprint density at radius 3 is 2.12 bits per heavy atom. The fraction of sp³-hybridized carbons (Fsp3) is 0.500. The number of amides is 2. The molecule has 1 saturated heterocycles. The van der Waals surface area contributed by atoms with Gasteiger partial charge in [-0.25, -0.2) is 0 Å². The van der Waals surface area contributed by atoms with Gasteiger partial charge in [-0.15, -0.1) is 0 Å². The Bertz CT molecular complexity index is 606. The molecule has 0 N–H and O–H groups in total. The number of piperazine rings is 1. The first-order chi connectivity index (χ1) is 12.0. The van der Waals surface area contributed by atoms with Gasteiger partial charge in [-0.1, -0.05) is 0 Å². The topological polar surface area (TPSA) is 76.2 Å². The van der Waals surface area contributed by atoms with Crippen LogP contribution in [0.5, 0.6) is 5.75 Å². The Morgan fingerprint density at radius 2 is 1.56 bits per heavy atom. The third-order valence-electron chi connectivity index (χ3n) is 4.10. The van der Waals surface area contributed by atoms with E-state index in [-0.39, 0.29) is 24.7 Å². The van der Waals surface area contributed by atoms with Crippen molar-refractivity contribution in [3.63, 3.8) is 0 Å². The van der Waals surface area contributed by atoms with Crippen molar-refractivity contribution in [1.29, 1.82) is 0 Å². The number of carbonyl (C=O) groups excluding carboxylic acids is 3. The molecule has 1 fully saturated rings. The highest BCUT2D eigenvalue weighted by atomic mass is 16.5. The second-order valence-corrected chi connectivity index (χ2v) is 5.71. The first kappa shape index (κ1) is 18.8. The first-order valence-corrected chi connectivity index (χ1v) is 8.42.